The predicted octanol–water partition coefficient (Wildman–Crippen LogP) is 3.04. The predicted molar refractivity (Wildman–Crippen MR) is 84.2 cm³/mol. The van der Waals surface area contributed by atoms with Crippen LogP contribution in [0.5, 0.6) is 0 Å². The van der Waals surface area contributed by atoms with Crippen LogP contribution in [0.15, 0.2) is 42.5 Å². The van der Waals surface area contributed by atoms with Gasteiger partial charge in [0.25, 0.3) is 0 Å². The number of thiophene rings is 1. The number of hydrogen-bond donors (Lipinski definition) is 0. The standard InChI is InChI=1S/C17H16O4S/c1-2-21-17(20)15(19)11-14(18)16-9-8-13(22-16)10-12-6-4-3-5-7-12/h3-9H,2,10-11H2,1H3. The van der Waals surface area contributed by atoms with Crippen LogP contribution in [0, 0.1) is 0 Å². The number of Topliss-reactive ketones (excluding diaryl/α,β-unsaturated/α-hetero) is 2. The number of rotatable bonds is 7. The van der Waals surface area contributed by atoms with E-state index in [1.165, 1.54) is 11.3 Å². The lowest BCUT2D eigenvalue weighted by molar-refractivity contribution is -0.153. The normalized spacial score (nSPS) is 10.2. The molecule has 0 radical (unpaired) electrons. The summed E-state index contributed by atoms with van der Waals surface area (Å²) in [6.07, 6.45) is 0.300. The average molecular weight is 316 g/mol. The van der Waals surface area contributed by atoms with E-state index in [-0.39, 0.29) is 12.4 Å². The summed E-state index contributed by atoms with van der Waals surface area (Å²) in [6, 6.07) is 13.5. The zero-order valence-electron chi connectivity index (χ0n) is 12.2. The van der Waals surface area contributed by atoms with Crippen LogP contribution in [0.3, 0.4) is 0 Å². The zero-order valence-corrected chi connectivity index (χ0v) is 13.0. The second kappa shape index (κ2) is 7.66. The zero-order chi connectivity index (χ0) is 15.9. The first-order valence-corrected chi connectivity index (χ1v) is 7.77. The molecule has 0 N–H and O–H groups in total. The first-order chi connectivity index (χ1) is 10.6. The minimum absolute atomic E-state index is 0.124. The van der Waals surface area contributed by atoms with Gasteiger partial charge in [0, 0.05) is 11.3 Å². The molecule has 0 amide bonds. The van der Waals surface area contributed by atoms with Gasteiger partial charge in [-0.3, -0.25) is 9.59 Å². The lowest BCUT2D eigenvalue weighted by Crippen LogP contribution is -2.20. The van der Waals surface area contributed by atoms with Gasteiger partial charge in [-0.05, 0) is 24.6 Å². The molecule has 0 saturated heterocycles. The Morgan fingerprint density at radius 1 is 1.05 bits per heavy atom. The Bertz CT molecular complexity index is 673. The molecule has 2 aromatic rings. The van der Waals surface area contributed by atoms with Crippen molar-refractivity contribution in [3.8, 4) is 0 Å². The van der Waals surface area contributed by atoms with Crippen LogP contribution in [0.1, 0.15) is 33.5 Å². The third kappa shape index (κ3) is 4.36. The minimum Gasteiger partial charge on any atom is -0.460 e. The molecule has 0 spiro atoms. The number of ketones is 2. The molecule has 0 unspecified atom stereocenters. The minimum atomic E-state index is -0.947. The molecule has 0 aliphatic heterocycles. The number of carbonyl (C=O) groups excluding carboxylic acids is 3. The molecule has 0 bridgehead atoms. The van der Waals surface area contributed by atoms with Gasteiger partial charge in [0.2, 0.25) is 5.78 Å². The molecule has 4 nitrogen and oxygen atoms in total. The third-order valence-corrected chi connectivity index (χ3v) is 4.11. The molecule has 0 atom stereocenters. The lowest BCUT2D eigenvalue weighted by atomic mass is 10.1. The summed E-state index contributed by atoms with van der Waals surface area (Å²) in [4.78, 5) is 36.3. The summed E-state index contributed by atoms with van der Waals surface area (Å²) in [7, 11) is 0. The van der Waals surface area contributed by atoms with Gasteiger partial charge in [-0.2, -0.15) is 0 Å². The molecule has 0 saturated carbocycles. The Kier molecular flexibility index (Phi) is 5.61. The van der Waals surface area contributed by atoms with E-state index in [2.05, 4.69) is 4.74 Å². The number of benzene rings is 1. The summed E-state index contributed by atoms with van der Waals surface area (Å²) < 4.78 is 4.59. The lowest BCUT2D eigenvalue weighted by Gasteiger charge is -1.99. The van der Waals surface area contributed by atoms with Crippen LogP contribution in [-0.2, 0) is 20.7 Å². The van der Waals surface area contributed by atoms with Crippen molar-refractivity contribution in [3.05, 3.63) is 57.8 Å². The van der Waals surface area contributed by atoms with Gasteiger partial charge in [-0.1, -0.05) is 30.3 Å². The highest BCUT2D eigenvalue weighted by molar-refractivity contribution is 7.14. The van der Waals surface area contributed by atoms with Gasteiger partial charge in [-0.15, -0.1) is 11.3 Å². The number of hydrogen-bond acceptors (Lipinski definition) is 5. The van der Waals surface area contributed by atoms with Crippen LogP contribution in [0.25, 0.3) is 0 Å². The van der Waals surface area contributed by atoms with Crippen molar-refractivity contribution >= 4 is 28.9 Å². The van der Waals surface area contributed by atoms with Gasteiger partial charge in [-0.25, -0.2) is 4.79 Å². The molecule has 1 heterocycles. The molecule has 22 heavy (non-hydrogen) atoms. The number of ether oxygens (including phenoxy) is 1. The summed E-state index contributed by atoms with van der Waals surface area (Å²) in [5.41, 5.74) is 1.16. The fourth-order valence-corrected chi connectivity index (χ4v) is 2.92. The van der Waals surface area contributed by atoms with Gasteiger partial charge in [0.05, 0.1) is 17.9 Å². The molecule has 1 aromatic heterocycles. The van der Waals surface area contributed by atoms with Crippen molar-refractivity contribution < 1.29 is 19.1 Å². The fourth-order valence-electron chi connectivity index (χ4n) is 1.94. The molecule has 0 fully saturated rings. The van der Waals surface area contributed by atoms with Crippen LogP contribution in [0.4, 0.5) is 0 Å². The van der Waals surface area contributed by atoms with Crippen LogP contribution >= 0.6 is 11.3 Å². The maximum atomic E-state index is 12.0. The second-order valence-electron chi connectivity index (χ2n) is 4.67. The van der Waals surface area contributed by atoms with Crippen LogP contribution in [-0.4, -0.2) is 24.1 Å². The van der Waals surface area contributed by atoms with E-state index >= 15 is 0 Å². The van der Waals surface area contributed by atoms with E-state index in [1.807, 2.05) is 36.4 Å². The van der Waals surface area contributed by atoms with Crippen LogP contribution < -0.4 is 0 Å². The van der Waals surface area contributed by atoms with Gasteiger partial charge in [0.1, 0.15) is 0 Å². The summed E-state index contributed by atoms with van der Waals surface area (Å²) in [5, 5.41) is 0. The first-order valence-electron chi connectivity index (χ1n) is 6.96. The fraction of sp³-hybridized carbons (Fsp3) is 0.235. The third-order valence-electron chi connectivity index (χ3n) is 2.98. The van der Waals surface area contributed by atoms with Crippen molar-refractivity contribution in [2.75, 3.05) is 6.61 Å². The highest BCUT2D eigenvalue weighted by atomic mass is 32.1. The van der Waals surface area contributed by atoms with E-state index < -0.39 is 18.2 Å². The summed E-state index contributed by atoms with van der Waals surface area (Å²) in [6.45, 7) is 1.74. The van der Waals surface area contributed by atoms with Gasteiger partial charge < -0.3 is 4.74 Å². The van der Waals surface area contributed by atoms with Gasteiger partial charge in [0.15, 0.2) is 5.78 Å². The van der Waals surface area contributed by atoms with E-state index in [0.29, 0.717) is 4.88 Å². The quantitative estimate of drug-likeness (QED) is 0.341. The number of carbonyl (C=O) groups is 3. The van der Waals surface area contributed by atoms with E-state index in [9.17, 15) is 14.4 Å². The molecular formula is C17H16O4S. The first kappa shape index (κ1) is 16.1. The molecule has 5 heteroatoms. The Balaban J connectivity index is 1.97. The smallest absolute Gasteiger partial charge is 0.375 e. The second-order valence-corrected chi connectivity index (χ2v) is 5.84. The molecule has 0 aliphatic carbocycles. The Morgan fingerprint density at radius 3 is 2.45 bits per heavy atom. The van der Waals surface area contributed by atoms with Crippen molar-refractivity contribution in [1.82, 2.24) is 0 Å². The molecule has 0 aliphatic rings. The van der Waals surface area contributed by atoms with Crippen molar-refractivity contribution in [1.29, 1.82) is 0 Å². The molecule has 1 aromatic carbocycles. The topological polar surface area (TPSA) is 60.4 Å². The number of esters is 1. The maximum absolute atomic E-state index is 12.0. The highest BCUT2D eigenvalue weighted by Gasteiger charge is 2.21. The Morgan fingerprint density at radius 2 is 1.77 bits per heavy atom. The largest absolute Gasteiger partial charge is 0.460 e. The van der Waals surface area contributed by atoms with Crippen molar-refractivity contribution in [3.63, 3.8) is 0 Å². The Hall–Kier alpha value is -2.27. The van der Waals surface area contributed by atoms with E-state index in [4.69, 9.17) is 0 Å². The highest BCUT2D eigenvalue weighted by Crippen LogP contribution is 2.21. The maximum Gasteiger partial charge on any atom is 0.375 e. The monoisotopic (exact) mass is 316 g/mol. The van der Waals surface area contributed by atoms with E-state index in [0.717, 1.165) is 16.9 Å². The average Bonchev–Trinajstić information content (AvgIpc) is 2.97. The molecular weight excluding hydrogens is 300 g/mol. The van der Waals surface area contributed by atoms with Crippen molar-refractivity contribution in [2.24, 2.45) is 0 Å². The van der Waals surface area contributed by atoms with Crippen LogP contribution in [0.2, 0.25) is 0 Å². The summed E-state index contributed by atoms with van der Waals surface area (Å²) in [5.74, 6) is -2.09. The Labute approximate surface area is 132 Å². The van der Waals surface area contributed by atoms with Gasteiger partial charge >= 0.3 is 5.97 Å². The molecule has 114 valence electrons. The molecule has 2 rings (SSSR count). The van der Waals surface area contributed by atoms with E-state index in [1.54, 1.807) is 13.0 Å². The SMILES string of the molecule is CCOC(=O)C(=O)CC(=O)c1ccc(Cc2ccccc2)s1. The van der Waals surface area contributed by atoms with Crippen molar-refractivity contribution in [2.45, 2.75) is 19.8 Å². The summed E-state index contributed by atoms with van der Waals surface area (Å²) >= 11 is 1.35.